The summed E-state index contributed by atoms with van der Waals surface area (Å²) in [5.41, 5.74) is 1.78. The van der Waals surface area contributed by atoms with Gasteiger partial charge in [0, 0.05) is 23.1 Å². The number of ether oxygens (including phenoxy) is 1. The predicted molar refractivity (Wildman–Crippen MR) is 131 cm³/mol. The molecule has 37 heavy (non-hydrogen) atoms. The number of fused-ring (bicyclic) bond motifs is 1. The first-order valence-electron chi connectivity index (χ1n) is 10.9. The lowest BCUT2D eigenvalue weighted by Crippen LogP contribution is -2.29. The maximum absolute atomic E-state index is 13.2. The van der Waals surface area contributed by atoms with Crippen molar-refractivity contribution in [3.8, 4) is 34.5 Å². The first-order chi connectivity index (χ1) is 17.5. The molecule has 0 radical (unpaired) electrons. The zero-order valence-electron chi connectivity index (χ0n) is 19.3. The number of benzene rings is 3. The smallest absolute Gasteiger partial charge is 0.345 e. The zero-order chi connectivity index (χ0) is 27.0. The zero-order valence-corrected chi connectivity index (χ0v) is 19.3. The van der Waals surface area contributed by atoms with Crippen molar-refractivity contribution in [3.05, 3.63) is 76.4 Å². The third-order valence-electron chi connectivity index (χ3n) is 5.98. The largest absolute Gasteiger partial charge is 0.504 e. The third-order valence-corrected chi connectivity index (χ3v) is 5.98. The molecule has 0 aromatic heterocycles. The van der Waals surface area contributed by atoms with Gasteiger partial charge in [-0.25, -0.2) is 9.59 Å². The van der Waals surface area contributed by atoms with Crippen molar-refractivity contribution >= 4 is 29.2 Å². The Labute approximate surface area is 209 Å². The van der Waals surface area contributed by atoms with Crippen molar-refractivity contribution < 1.29 is 50.1 Å². The molecule has 0 saturated heterocycles. The standard InChI is InChI=1S/C27H22O10/c1-12(27(36)37-23(26(34)35)9-13-2-5-18(28)21(31)8-13)24-15-4-7-20(30)25(33)17(15)11-16(24)14-3-6-19(29)22(32)10-14/h2-8,10-11,23,28-33H,9H2,1H3,(H,34,35)/b24-12-. The van der Waals surface area contributed by atoms with E-state index in [0.717, 1.165) is 6.07 Å². The monoisotopic (exact) mass is 506 g/mol. The van der Waals surface area contributed by atoms with Gasteiger partial charge in [0.05, 0.1) is 0 Å². The van der Waals surface area contributed by atoms with Crippen LogP contribution in [0.1, 0.15) is 29.2 Å². The van der Waals surface area contributed by atoms with Crippen molar-refractivity contribution in [1.29, 1.82) is 0 Å². The van der Waals surface area contributed by atoms with E-state index in [2.05, 4.69) is 0 Å². The maximum Gasteiger partial charge on any atom is 0.345 e. The molecule has 10 heteroatoms. The molecule has 1 unspecified atom stereocenters. The molecular weight excluding hydrogens is 484 g/mol. The summed E-state index contributed by atoms with van der Waals surface area (Å²) in [5, 5.41) is 68.8. The number of aromatic hydroxyl groups is 6. The number of carboxylic acid groups (broad SMARTS) is 1. The normalized spacial score (nSPS) is 14.5. The molecular formula is C27H22O10. The molecule has 0 saturated carbocycles. The SMILES string of the molecule is C/C(C(=O)OC(Cc1ccc(O)c(O)c1)C(=O)O)=C1/C(c2ccc(O)c(O)c2)=Cc2c1ccc(O)c2O. The van der Waals surface area contributed by atoms with Crippen LogP contribution < -0.4 is 0 Å². The summed E-state index contributed by atoms with van der Waals surface area (Å²) in [6.45, 7) is 1.40. The predicted octanol–water partition coefficient (Wildman–Crippen LogP) is 3.49. The minimum Gasteiger partial charge on any atom is -0.504 e. The highest BCUT2D eigenvalue weighted by Gasteiger charge is 2.31. The van der Waals surface area contributed by atoms with E-state index in [1.165, 1.54) is 55.5 Å². The van der Waals surface area contributed by atoms with E-state index in [1.807, 2.05) is 0 Å². The van der Waals surface area contributed by atoms with E-state index in [9.17, 15) is 45.3 Å². The van der Waals surface area contributed by atoms with Crippen LogP contribution in [0.25, 0.3) is 17.2 Å². The highest BCUT2D eigenvalue weighted by Crippen LogP contribution is 2.49. The van der Waals surface area contributed by atoms with Gasteiger partial charge in [-0.05, 0) is 71.7 Å². The third kappa shape index (κ3) is 4.72. The van der Waals surface area contributed by atoms with Crippen LogP contribution in [-0.2, 0) is 20.7 Å². The molecule has 4 rings (SSSR count). The minimum absolute atomic E-state index is 0.0255. The van der Waals surface area contributed by atoms with Gasteiger partial charge in [-0.3, -0.25) is 0 Å². The second-order valence-electron chi connectivity index (χ2n) is 8.42. The lowest BCUT2D eigenvalue weighted by molar-refractivity contribution is -0.161. The van der Waals surface area contributed by atoms with Crippen LogP contribution in [0, 0.1) is 0 Å². The fraction of sp³-hybridized carbons (Fsp3) is 0.111. The van der Waals surface area contributed by atoms with Crippen LogP contribution in [0.2, 0.25) is 0 Å². The lowest BCUT2D eigenvalue weighted by atomic mass is 9.93. The van der Waals surface area contributed by atoms with E-state index in [0.29, 0.717) is 22.3 Å². The number of rotatable bonds is 6. The Balaban J connectivity index is 1.75. The number of allylic oxidation sites excluding steroid dienone is 2. The van der Waals surface area contributed by atoms with Crippen LogP contribution >= 0.6 is 0 Å². The first kappa shape index (κ1) is 25.0. The number of phenolic OH excluding ortho intramolecular Hbond substituents is 6. The summed E-state index contributed by atoms with van der Waals surface area (Å²) < 4.78 is 5.29. The number of hydrogen-bond acceptors (Lipinski definition) is 9. The molecule has 0 heterocycles. The van der Waals surface area contributed by atoms with Gasteiger partial charge in [-0.2, -0.15) is 0 Å². The van der Waals surface area contributed by atoms with Gasteiger partial charge >= 0.3 is 11.9 Å². The van der Waals surface area contributed by atoms with Crippen molar-refractivity contribution in [2.24, 2.45) is 0 Å². The van der Waals surface area contributed by atoms with Crippen molar-refractivity contribution in [3.63, 3.8) is 0 Å². The average molecular weight is 506 g/mol. The van der Waals surface area contributed by atoms with Gasteiger partial charge in [-0.15, -0.1) is 0 Å². The highest BCUT2D eigenvalue weighted by atomic mass is 16.6. The number of carboxylic acids is 1. The minimum atomic E-state index is -1.63. The van der Waals surface area contributed by atoms with Crippen LogP contribution in [0.15, 0.2) is 54.1 Å². The number of hydrogen-bond donors (Lipinski definition) is 7. The van der Waals surface area contributed by atoms with Crippen molar-refractivity contribution in [2.75, 3.05) is 0 Å². The lowest BCUT2D eigenvalue weighted by Gasteiger charge is -2.17. The average Bonchev–Trinajstić information content (AvgIpc) is 3.24. The second-order valence-corrected chi connectivity index (χ2v) is 8.42. The van der Waals surface area contributed by atoms with Gasteiger partial charge in [0.25, 0.3) is 0 Å². The summed E-state index contributed by atoms with van der Waals surface area (Å²) in [6, 6.07) is 10.4. The van der Waals surface area contributed by atoms with E-state index in [-0.39, 0.29) is 34.6 Å². The summed E-state index contributed by atoms with van der Waals surface area (Å²) in [4.78, 5) is 25.0. The Bertz CT molecular complexity index is 1500. The molecule has 10 nitrogen and oxygen atoms in total. The Morgan fingerprint density at radius 1 is 0.811 bits per heavy atom. The number of carbonyl (C=O) groups is 2. The van der Waals surface area contributed by atoms with E-state index in [1.54, 1.807) is 0 Å². The molecule has 0 bridgehead atoms. The molecule has 3 aromatic rings. The molecule has 1 atom stereocenters. The number of esters is 1. The topological polar surface area (TPSA) is 185 Å². The quantitative estimate of drug-likeness (QED) is 0.148. The molecule has 190 valence electrons. The Morgan fingerprint density at radius 3 is 2.05 bits per heavy atom. The number of phenols is 6. The first-order valence-corrected chi connectivity index (χ1v) is 10.9. The van der Waals surface area contributed by atoms with Crippen LogP contribution in [-0.4, -0.2) is 53.8 Å². The van der Waals surface area contributed by atoms with Gasteiger partial charge in [-0.1, -0.05) is 12.1 Å². The summed E-state index contributed by atoms with van der Waals surface area (Å²) >= 11 is 0. The fourth-order valence-corrected chi connectivity index (χ4v) is 4.05. The Morgan fingerprint density at radius 2 is 1.43 bits per heavy atom. The van der Waals surface area contributed by atoms with Gasteiger partial charge in [0.1, 0.15) is 0 Å². The van der Waals surface area contributed by atoms with Gasteiger partial charge < -0.3 is 40.5 Å². The van der Waals surface area contributed by atoms with Gasteiger partial charge in [0.2, 0.25) is 6.10 Å². The molecule has 7 N–H and O–H groups in total. The maximum atomic E-state index is 13.2. The summed E-state index contributed by atoms with van der Waals surface area (Å²) in [5.74, 6) is -4.90. The van der Waals surface area contributed by atoms with Crippen molar-refractivity contribution in [1.82, 2.24) is 0 Å². The van der Waals surface area contributed by atoms with E-state index < -0.39 is 41.0 Å². The Hall–Kier alpha value is -5.12. The van der Waals surface area contributed by atoms with E-state index in [4.69, 9.17) is 4.74 Å². The molecule has 0 fully saturated rings. The second kappa shape index (κ2) is 9.50. The highest BCUT2D eigenvalue weighted by molar-refractivity contribution is 6.23. The fourth-order valence-electron chi connectivity index (χ4n) is 4.05. The van der Waals surface area contributed by atoms with Gasteiger partial charge in [0.15, 0.2) is 34.5 Å². The van der Waals surface area contributed by atoms with Crippen molar-refractivity contribution in [2.45, 2.75) is 19.4 Å². The molecule has 3 aromatic carbocycles. The Kier molecular flexibility index (Phi) is 6.41. The summed E-state index contributed by atoms with van der Waals surface area (Å²) in [7, 11) is 0. The van der Waals surface area contributed by atoms with Crippen LogP contribution in [0.5, 0.6) is 34.5 Å². The van der Waals surface area contributed by atoms with Crippen LogP contribution in [0.3, 0.4) is 0 Å². The molecule has 0 spiro atoms. The molecule has 0 amide bonds. The molecule has 0 aliphatic heterocycles. The summed E-state index contributed by atoms with van der Waals surface area (Å²) in [6.07, 6.45) is -0.445. The number of carbonyl (C=O) groups excluding carboxylic acids is 1. The van der Waals surface area contributed by atoms with Crippen LogP contribution in [0.4, 0.5) is 0 Å². The molecule has 1 aliphatic rings. The van der Waals surface area contributed by atoms with E-state index >= 15 is 0 Å². The number of aliphatic carboxylic acids is 1. The molecule has 1 aliphatic carbocycles.